The first-order valence-electron chi connectivity index (χ1n) is 14.8. The molecule has 3 aromatic rings. The van der Waals surface area contributed by atoms with Crippen LogP contribution in [0.15, 0.2) is 18.2 Å². The molecule has 0 saturated carbocycles. The highest BCUT2D eigenvalue weighted by Crippen LogP contribution is 2.44. The van der Waals surface area contributed by atoms with Gasteiger partial charge in [0.1, 0.15) is 5.69 Å². The van der Waals surface area contributed by atoms with Gasteiger partial charge in [0.25, 0.3) is 0 Å². The van der Waals surface area contributed by atoms with Gasteiger partial charge < -0.3 is 14.7 Å². The van der Waals surface area contributed by atoms with Crippen LogP contribution in [0.2, 0.25) is 0 Å². The second-order valence-corrected chi connectivity index (χ2v) is 12.3. The van der Waals surface area contributed by atoms with Crippen molar-refractivity contribution in [3.63, 3.8) is 0 Å². The third-order valence-electron chi connectivity index (χ3n) is 9.85. The molecule has 9 heteroatoms. The van der Waals surface area contributed by atoms with Crippen LogP contribution in [0.1, 0.15) is 124 Å². The first kappa shape index (κ1) is 28.7. The second-order valence-electron chi connectivity index (χ2n) is 12.3. The predicted octanol–water partition coefficient (Wildman–Crippen LogP) is 6.26. The van der Waals surface area contributed by atoms with Crippen LogP contribution in [0.3, 0.4) is 0 Å². The Morgan fingerprint density at radius 1 is 1.05 bits per heavy atom. The molecule has 2 aliphatic heterocycles. The fraction of sp³-hybridized carbons (Fsp3) is 0.412. The minimum atomic E-state index is -0.868. The molecule has 3 aromatic heterocycles. The van der Waals surface area contributed by atoms with E-state index < -0.39 is 5.41 Å². The van der Waals surface area contributed by atoms with Crippen LogP contribution in [0.5, 0.6) is 0 Å². The summed E-state index contributed by atoms with van der Waals surface area (Å²) < 4.78 is 4.93. The van der Waals surface area contributed by atoms with E-state index >= 15 is 0 Å². The Bertz CT molecular complexity index is 1930. The van der Waals surface area contributed by atoms with E-state index in [0.29, 0.717) is 51.9 Å². The molecule has 3 aliphatic rings. The van der Waals surface area contributed by atoms with Crippen molar-refractivity contribution >= 4 is 45.4 Å². The zero-order valence-corrected chi connectivity index (χ0v) is 25.7. The molecular formula is C34H36N4O5. The van der Waals surface area contributed by atoms with Crippen molar-refractivity contribution in [3.8, 4) is 0 Å². The SMILES string of the molecule is CCC1(C)C(=O)c2cc3[nH]c4c(c5nc(cc6[nH]c(cc1n2)c(C(C)=O)c6C)[C@@H](C)[C@@H]5CCC(=O)OC)CC(=O)c4c3C. The van der Waals surface area contributed by atoms with Crippen LogP contribution in [-0.4, -0.2) is 50.4 Å². The number of ketones is 3. The number of esters is 1. The monoisotopic (exact) mass is 580 g/mol. The number of aryl methyl sites for hydroxylation is 2. The lowest BCUT2D eigenvalue weighted by atomic mass is 9.80. The maximum Gasteiger partial charge on any atom is 0.305 e. The van der Waals surface area contributed by atoms with Crippen LogP contribution in [-0.2, 0) is 21.4 Å². The molecule has 5 heterocycles. The number of ether oxygens (including phenoxy) is 1. The van der Waals surface area contributed by atoms with Crippen molar-refractivity contribution in [3.05, 3.63) is 68.8 Å². The average molecular weight is 581 g/mol. The molecule has 0 radical (unpaired) electrons. The summed E-state index contributed by atoms with van der Waals surface area (Å²) in [6.45, 7) is 11.2. The first-order chi connectivity index (χ1) is 20.4. The van der Waals surface area contributed by atoms with E-state index in [0.717, 1.165) is 33.6 Å². The zero-order chi connectivity index (χ0) is 31.0. The summed E-state index contributed by atoms with van der Waals surface area (Å²) >= 11 is 0. The zero-order valence-electron chi connectivity index (χ0n) is 25.7. The maximum atomic E-state index is 13.8. The highest BCUT2D eigenvalue weighted by Gasteiger charge is 2.41. The number of aromatic amines is 2. The standard InChI is InChI=1S/C34H36N4O5/c1-8-34(6)27-14-24-29(18(5)39)16(3)22(35-24)12-21-15(2)19(9-10-28(41)43-7)31(37-21)20-11-26(40)30-17(4)23(38-32(20)30)13-25(36-27)33(34)42/h12-15,19,35,38H,8-11H2,1-7H3/t15-,19-,34?/m0/s1. The Morgan fingerprint density at radius 2 is 1.77 bits per heavy atom. The lowest BCUT2D eigenvalue weighted by Crippen LogP contribution is -2.27. The summed E-state index contributed by atoms with van der Waals surface area (Å²) in [5, 5.41) is 0. The topological polar surface area (TPSA) is 135 Å². The average Bonchev–Trinajstić information content (AvgIpc) is 3.71. The molecule has 8 bridgehead atoms. The number of carbonyl (C=O) groups excluding carboxylic acids is 4. The summed E-state index contributed by atoms with van der Waals surface area (Å²) in [6, 6.07) is 5.52. The number of nitrogens with zero attached hydrogens (tertiary/aromatic N) is 2. The quantitative estimate of drug-likeness (QED) is 0.268. The summed E-state index contributed by atoms with van der Waals surface area (Å²) in [6.07, 6.45) is 1.47. The van der Waals surface area contributed by atoms with E-state index in [4.69, 9.17) is 14.7 Å². The van der Waals surface area contributed by atoms with E-state index in [-0.39, 0.29) is 48.0 Å². The van der Waals surface area contributed by atoms with Crippen molar-refractivity contribution in [2.75, 3.05) is 7.11 Å². The summed E-state index contributed by atoms with van der Waals surface area (Å²) in [5.41, 5.74) is 7.84. The number of methoxy groups -OCH3 is 1. The van der Waals surface area contributed by atoms with Gasteiger partial charge in [-0.15, -0.1) is 0 Å². The van der Waals surface area contributed by atoms with Crippen molar-refractivity contribution in [2.45, 2.75) is 84.5 Å². The number of H-pyrrole nitrogens is 2. The Kier molecular flexibility index (Phi) is 6.75. The highest BCUT2D eigenvalue weighted by atomic mass is 16.5. The van der Waals surface area contributed by atoms with Gasteiger partial charge in [-0.1, -0.05) is 13.8 Å². The lowest BCUT2D eigenvalue weighted by molar-refractivity contribution is -0.140. The molecule has 2 N–H and O–H groups in total. The summed E-state index contributed by atoms with van der Waals surface area (Å²) in [4.78, 5) is 69.1. The molecule has 6 rings (SSSR count). The van der Waals surface area contributed by atoms with Gasteiger partial charge in [0.2, 0.25) is 0 Å². The molecular weight excluding hydrogens is 544 g/mol. The third-order valence-corrected chi connectivity index (χ3v) is 9.85. The molecule has 0 saturated heterocycles. The van der Waals surface area contributed by atoms with E-state index in [1.807, 2.05) is 39.8 Å². The number of fused-ring (bicyclic) bond motifs is 8. The second kappa shape index (κ2) is 10.1. The van der Waals surface area contributed by atoms with E-state index in [1.54, 1.807) is 6.07 Å². The van der Waals surface area contributed by atoms with Crippen molar-refractivity contribution in [1.29, 1.82) is 0 Å². The van der Waals surface area contributed by atoms with Gasteiger partial charge >= 0.3 is 5.97 Å². The van der Waals surface area contributed by atoms with Crippen LogP contribution in [0.4, 0.5) is 0 Å². The number of aromatic nitrogens is 4. The summed E-state index contributed by atoms with van der Waals surface area (Å²) in [5.74, 6) is -0.687. The van der Waals surface area contributed by atoms with Gasteiger partial charge in [0.05, 0.1) is 34.9 Å². The van der Waals surface area contributed by atoms with Gasteiger partial charge in [-0.25, -0.2) is 4.98 Å². The Morgan fingerprint density at radius 3 is 2.44 bits per heavy atom. The van der Waals surface area contributed by atoms with Crippen molar-refractivity contribution < 1.29 is 23.9 Å². The molecule has 0 aromatic carbocycles. The number of Topliss-reactive ketones (excluding diaryl/α,β-unsaturated/α-hetero) is 3. The lowest BCUT2D eigenvalue weighted by Gasteiger charge is -2.19. The molecule has 1 unspecified atom stereocenters. The normalized spacial score (nSPS) is 21.0. The molecule has 9 nitrogen and oxygen atoms in total. The molecule has 0 fully saturated rings. The van der Waals surface area contributed by atoms with Gasteiger partial charge in [-0.3, -0.25) is 24.2 Å². The van der Waals surface area contributed by atoms with Crippen LogP contribution in [0.25, 0.3) is 22.1 Å². The molecule has 43 heavy (non-hydrogen) atoms. The number of rotatable bonds is 5. The smallest absolute Gasteiger partial charge is 0.305 e. The Labute approximate surface area is 249 Å². The predicted molar refractivity (Wildman–Crippen MR) is 163 cm³/mol. The molecule has 1 aliphatic carbocycles. The molecule has 3 atom stereocenters. The Balaban J connectivity index is 1.76. The van der Waals surface area contributed by atoms with Gasteiger partial charge in [-0.2, -0.15) is 0 Å². The van der Waals surface area contributed by atoms with Gasteiger partial charge in [0, 0.05) is 58.1 Å². The van der Waals surface area contributed by atoms with Gasteiger partial charge in [0.15, 0.2) is 17.3 Å². The van der Waals surface area contributed by atoms with Crippen LogP contribution in [0, 0.1) is 13.8 Å². The largest absolute Gasteiger partial charge is 0.469 e. The van der Waals surface area contributed by atoms with Crippen LogP contribution < -0.4 is 0 Å². The molecule has 0 spiro atoms. The molecule has 0 amide bonds. The number of carbonyl (C=O) groups is 4. The minimum Gasteiger partial charge on any atom is -0.469 e. The third kappa shape index (κ3) is 4.27. The van der Waals surface area contributed by atoms with Crippen molar-refractivity contribution in [1.82, 2.24) is 19.9 Å². The van der Waals surface area contributed by atoms with E-state index in [2.05, 4.69) is 16.9 Å². The number of hydrogen-bond donors (Lipinski definition) is 2. The highest BCUT2D eigenvalue weighted by molar-refractivity contribution is 6.13. The fourth-order valence-corrected chi connectivity index (χ4v) is 6.97. The first-order valence-corrected chi connectivity index (χ1v) is 14.8. The summed E-state index contributed by atoms with van der Waals surface area (Å²) in [7, 11) is 1.38. The van der Waals surface area contributed by atoms with Gasteiger partial charge in [-0.05, 0) is 69.9 Å². The van der Waals surface area contributed by atoms with Crippen molar-refractivity contribution in [2.24, 2.45) is 0 Å². The Hall–Kier alpha value is -4.40. The maximum absolute atomic E-state index is 13.8. The van der Waals surface area contributed by atoms with E-state index in [1.165, 1.54) is 14.0 Å². The fourth-order valence-electron chi connectivity index (χ4n) is 6.97. The van der Waals surface area contributed by atoms with E-state index in [9.17, 15) is 19.2 Å². The number of nitrogens with one attached hydrogen (secondary N) is 2. The van der Waals surface area contributed by atoms with Crippen LogP contribution >= 0.6 is 0 Å². The molecule has 222 valence electrons. The minimum absolute atomic E-state index is 0.00589. The number of hydrogen-bond acceptors (Lipinski definition) is 7.